The first-order valence-corrected chi connectivity index (χ1v) is 12.3. The van der Waals surface area contributed by atoms with Gasteiger partial charge in [-0.2, -0.15) is 4.98 Å². The lowest BCUT2D eigenvalue weighted by Gasteiger charge is -2.29. The maximum absolute atomic E-state index is 13.9. The van der Waals surface area contributed by atoms with Gasteiger partial charge in [-0.3, -0.25) is 14.3 Å². The van der Waals surface area contributed by atoms with Crippen molar-refractivity contribution in [2.45, 2.75) is 26.3 Å². The van der Waals surface area contributed by atoms with Crippen LogP contribution in [0.1, 0.15) is 18.5 Å². The topological polar surface area (TPSA) is 75.9 Å². The van der Waals surface area contributed by atoms with E-state index in [1.54, 1.807) is 13.2 Å². The molecular formula is C27H29ClN6O. The molecular weight excluding hydrogens is 460 g/mol. The molecule has 3 aromatic heterocycles. The summed E-state index contributed by atoms with van der Waals surface area (Å²) in [5.41, 5.74) is 4.52. The molecule has 1 aliphatic heterocycles. The minimum absolute atomic E-state index is 0.0829. The fourth-order valence-electron chi connectivity index (χ4n) is 4.74. The maximum atomic E-state index is 13.9. The van der Waals surface area contributed by atoms with E-state index in [0.717, 1.165) is 48.3 Å². The minimum Gasteiger partial charge on any atom is -0.357 e. The first kappa shape index (κ1) is 23.5. The smallest absolute Gasteiger partial charge is 0.260 e. The number of fused-ring (bicyclic) bond motifs is 1. The Hall–Kier alpha value is -3.29. The second kappa shape index (κ2) is 9.76. The Kier molecular flexibility index (Phi) is 6.54. The summed E-state index contributed by atoms with van der Waals surface area (Å²) in [5, 5.41) is 4.31. The summed E-state index contributed by atoms with van der Waals surface area (Å²) in [6.45, 7) is 4.66. The fraction of sp³-hybridized carbons (Fsp3) is 0.333. The van der Waals surface area contributed by atoms with Gasteiger partial charge in [0.2, 0.25) is 5.95 Å². The third-order valence-electron chi connectivity index (χ3n) is 6.77. The zero-order valence-corrected chi connectivity index (χ0v) is 21.0. The van der Waals surface area contributed by atoms with E-state index >= 15 is 0 Å². The molecule has 0 atom stereocenters. The number of hydrogen-bond acceptors (Lipinski definition) is 6. The van der Waals surface area contributed by atoms with Gasteiger partial charge in [0.15, 0.2) is 0 Å². The molecule has 35 heavy (non-hydrogen) atoms. The Morgan fingerprint density at radius 2 is 1.89 bits per heavy atom. The van der Waals surface area contributed by atoms with Crippen LogP contribution in [-0.2, 0) is 6.54 Å². The van der Waals surface area contributed by atoms with Crippen molar-refractivity contribution in [3.8, 4) is 22.4 Å². The Labute approximate surface area is 209 Å². The summed E-state index contributed by atoms with van der Waals surface area (Å²) in [6, 6.07) is 13.5. The molecule has 1 aliphatic rings. The number of hydrogen-bond donors (Lipinski definition) is 1. The summed E-state index contributed by atoms with van der Waals surface area (Å²) in [6.07, 6.45) is 3.87. The first-order chi connectivity index (χ1) is 16.9. The molecule has 1 fully saturated rings. The van der Waals surface area contributed by atoms with Gasteiger partial charge < -0.3 is 10.2 Å². The molecule has 1 N–H and O–H groups in total. The van der Waals surface area contributed by atoms with Crippen molar-refractivity contribution in [3.05, 3.63) is 69.7 Å². The van der Waals surface area contributed by atoms with Crippen molar-refractivity contribution in [1.29, 1.82) is 0 Å². The van der Waals surface area contributed by atoms with Crippen LogP contribution < -0.4 is 10.9 Å². The van der Waals surface area contributed by atoms with Gasteiger partial charge in [0, 0.05) is 52.6 Å². The van der Waals surface area contributed by atoms with Gasteiger partial charge >= 0.3 is 0 Å². The van der Waals surface area contributed by atoms with Crippen molar-refractivity contribution >= 4 is 28.6 Å². The van der Waals surface area contributed by atoms with E-state index in [1.807, 2.05) is 54.0 Å². The van der Waals surface area contributed by atoms with Crippen LogP contribution in [0.25, 0.3) is 33.4 Å². The highest BCUT2D eigenvalue weighted by Gasteiger charge is 2.21. The molecule has 0 radical (unpaired) electrons. The lowest BCUT2D eigenvalue weighted by Crippen LogP contribution is -2.34. The van der Waals surface area contributed by atoms with Gasteiger partial charge in [-0.25, -0.2) is 4.98 Å². The molecule has 0 bridgehead atoms. The van der Waals surface area contributed by atoms with Crippen LogP contribution in [0, 0.1) is 12.8 Å². The Bertz CT molecular complexity index is 1440. The second-order valence-electron chi connectivity index (χ2n) is 9.30. The van der Waals surface area contributed by atoms with E-state index in [2.05, 4.69) is 32.2 Å². The molecule has 5 rings (SSSR count). The van der Waals surface area contributed by atoms with Crippen LogP contribution in [-0.4, -0.2) is 51.6 Å². The highest BCUT2D eigenvalue weighted by Crippen LogP contribution is 2.32. The zero-order chi connectivity index (χ0) is 24.5. The maximum Gasteiger partial charge on any atom is 0.260 e. The molecule has 4 heterocycles. The highest BCUT2D eigenvalue weighted by atomic mass is 35.5. The highest BCUT2D eigenvalue weighted by molar-refractivity contribution is 6.33. The minimum atomic E-state index is -0.0829. The number of rotatable bonds is 5. The predicted octanol–water partition coefficient (Wildman–Crippen LogP) is 4.87. The van der Waals surface area contributed by atoms with Crippen LogP contribution in [0.15, 0.2) is 53.5 Å². The standard InChI is InChI=1S/C27H29ClN6O/c1-17-5-4-6-24(31-17)19-7-8-21(23(28)14-19)22-13-20-15-30-27(29-2)32-25(20)34(26(22)35)16-18-9-11-33(3)12-10-18/h4-8,13-15,18H,9-12,16H2,1-3H3,(H,29,30,32). The summed E-state index contributed by atoms with van der Waals surface area (Å²) in [4.78, 5) is 29.8. The van der Waals surface area contributed by atoms with E-state index in [0.29, 0.717) is 40.2 Å². The first-order valence-electron chi connectivity index (χ1n) is 11.9. The van der Waals surface area contributed by atoms with E-state index < -0.39 is 0 Å². The van der Waals surface area contributed by atoms with Gasteiger partial charge in [-0.05, 0) is 70.1 Å². The molecule has 0 unspecified atom stereocenters. The normalized spacial score (nSPS) is 15.0. The van der Waals surface area contributed by atoms with E-state index in [4.69, 9.17) is 11.6 Å². The summed E-state index contributed by atoms with van der Waals surface area (Å²) in [7, 11) is 3.92. The number of benzene rings is 1. The van der Waals surface area contributed by atoms with Crippen LogP contribution in [0.2, 0.25) is 5.02 Å². The van der Waals surface area contributed by atoms with Gasteiger partial charge in [-0.15, -0.1) is 0 Å². The average molecular weight is 489 g/mol. The third-order valence-corrected chi connectivity index (χ3v) is 7.09. The number of likely N-dealkylation sites (tertiary alicyclic amines) is 1. The molecule has 4 aromatic rings. The molecule has 8 heteroatoms. The monoisotopic (exact) mass is 488 g/mol. The SMILES string of the molecule is CNc1ncc2cc(-c3ccc(-c4cccc(C)n4)cc3Cl)c(=O)n(CC3CCN(C)CC3)c2n1. The van der Waals surface area contributed by atoms with Gasteiger partial charge in [-0.1, -0.05) is 29.8 Å². The number of anilines is 1. The van der Waals surface area contributed by atoms with Crippen molar-refractivity contribution in [2.75, 3.05) is 32.5 Å². The number of aromatic nitrogens is 4. The average Bonchev–Trinajstić information content (AvgIpc) is 2.86. The zero-order valence-electron chi connectivity index (χ0n) is 20.3. The summed E-state index contributed by atoms with van der Waals surface area (Å²) in [5.74, 6) is 0.912. The van der Waals surface area contributed by atoms with E-state index in [9.17, 15) is 4.79 Å². The van der Waals surface area contributed by atoms with Crippen molar-refractivity contribution in [3.63, 3.8) is 0 Å². The Morgan fingerprint density at radius 1 is 1.09 bits per heavy atom. The Morgan fingerprint density at radius 3 is 2.60 bits per heavy atom. The summed E-state index contributed by atoms with van der Waals surface area (Å²) < 4.78 is 1.82. The van der Waals surface area contributed by atoms with Crippen LogP contribution in [0.5, 0.6) is 0 Å². The largest absolute Gasteiger partial charge is 0.357 e. The second-order valence-corrected chi connectivity index (χ2v) is 9.71. The molecule has 0 spiro atoms. The molecule has 0 aliphatic carbocycles. The number of pyridine rings is 2. The Balaban J connectivity index is 1.61. The predicted molar refractivity (Wildman–Crippen MR) is 142 cm³/mol. The molecule has 1 aromatic carbocycles. The van der Waals surface area contributed by atoms with Crippen LogP contribution in [0.3, 0.4) is 0 Å². The van der Waals surface area contributed by atoms with Gasteiger partial charge in [0.05, 0.1) is 5.69 Å². The number of halogens is 1. The van der Waals surface area contributed by atoms with Gasteiger partial charge in [0.1, 0.15) is 5.65 Å². The van der Waals surface area contributed by atoms with E-state index in [-0.39, 0.29) is 5.56 Å². The van der Waals surface area contributed by atoms with E-state index in [1.165, 1.54) is 0 Å². The van der Waals surface area contributed by atoms with Gasteiger partial charge in [0.25, 0.3) is 5.56 Å². The van der Waals surface area contributed by atoms with Crippen molar-refractivity contribution in [1.82, 2.24) is 24.4 Å². The van der Waals surface area contributed by atoms with Crippen molar-refractivity contribution in [2.24, 2.45) is 5.92 Å². The quantitative estimate of drug-likeness (QED) is 0.432. The number of nitrogens with one attached hydrogen (secondary N) is 1. The third kappa shape index (κ3) is 4.79. The molecule has 0 saturated carbocycles. The number of nitrogens with zero attached hydrogens (tertiary/aromatic N) is 5. The van der Waals surface area contributed by atoms with Crippen LogP contribution >= 0.6 is 11.6 Å². The lowest BCUT2D eigenvalue weighted by atomic mass is 9.96. The molecule has 0 amide bonds. The fourth-order valence-corrected chi connectivity index (χ4v) is 5.02. The number of aryl methyl sites for hydroxylation is 1. The molecule has 1 saturated heterocycles. The molecule has 7 nitrogen and oxygen atoms in total. The molecule has 180 valence electrons. The van der Waals surface area contributed by atoms with Crippen LogP contribution in [0.4, 0.5) is 5.95 Å². The lowest BCUT2D eigenvalue weighted by molar-refractivity contribution is 0.205. The summed E-state index contributed by atoms with van der Waals surface area (Å²) >= 11 is 6.76. The number of piperidine rings is 1. The van der Waals surface area contributed by atoms with Crippen molar-refractivity contribution < 1.29 is 0 Å².